The zero-order chi connectivity index (χ0) is 10.0. The van der Waals surface area contributed by atoms with Crippen LogP contribution in [0.2, 0.25) is 0 Å². The molecule has 0 spiro atoms. The Bertz CT molecular complexity index is 421. The van der Waals surface area contributed by atoms with Crippen LogP contribution in [0.15, 0.2) is 24.5 Å². The van der Waals surface area contributed by atoms with Gasteiger partial charge in [-0.1, -0.05) is 19.7 Å². The summed E-state index contributed by atoms with van der Waals surface area (Å²) in [6.07, 6.45) is 3.18. The summed E-state index contributed by atoms with van der Waals surface area (Å²) >= 11 is 0. The fraction of sp³-hybridized carbons (Fsp3) is 0.100. The number of H-pyrrole nitrogens is 1. The number of allylic oxidation sites excluding steroid dienone is 1. The quantitative estimate of drug-likeness (QED) is 0.751. The minimum absolute atomic E-state index is 0.211. The van der Waals surface area contributed by atoms with Crippen LogP contribution in [0.3, 0.4) is 0 Å². The van der Waals surface area contributed by atoms with Crippen molar-refractivity contribution in [3.63, 3.8) is 0 Å². The average molecular weight is 176 g/mol. The Morgan fingerprint density at radius 3 is 2.46 bits per heavy atom. The first-order valence-corrected chi connectivity index (χ1v) is 3.87. The standard InChI is InChI=1S/C10H12N2O/c1-5-8-9(6-2)12(7(3)4)10(13)11-8/h5-6H,1-3H2,4H3,(H,11,13). The van der Waals surface area contributed by atoms with Crippen LogP contribution in [0.1, 0.15) is 18.3 Å². The lowest BCUT2D eigenvalue weighted by Crippen LogP contribution is -2.15. The van der Waals surface area contributed by atoms with E-state index in [0.29, 0.717) is 17.1 Å². The number of imidazole rings is 1. The zero-order valence-corrected chi connectivity index (χ0v) is 7.63. The molecule has 0 bridgehead atoms. The molecule has 0 radical (unpaired) electrons. The van der Waals surface area contributed by atoms with Gasteiger partial charge in [-0.05, 0) is 19.1 Å². The van der Waals surface area contributed by atoms with E-state index in [1.165, 1.54) is 4.57 Å². The normalized spacial score (nSPS) is 9.62. The molecule has 0 saturated carbocycles. The topological polar surface area (TPSA) is 37.8 Å². The Hall–Kier alpha value is -1.77. The van der Waals surface area contributed by atoms with Crippen LogP contribution in [-0.4, -0.2) is 9.55 Å². The molecule has 3 nitrogen and oxygen atoms in total. The molecule has 0 atom stereocenters. The molecule has 0 unspecified atom stereocenters. The van der Waals surface area contributed by atoms with Crippen molar-refractivity contribution in [2.24, 2.45) is 0 Å². The second kappa shape index (κ2) is 3.31. The van der Waals surface area contributed by atoms with Gasteiger partial charge in [0.15, 0.2) is 0 Å². The summed E-state index contributed by atoms with van der Waals surface area (Å²) in [7, 11) is 0. The molecule has 1 aromatic rings. The van der Waals surface area contributed by atoms with Crippen molar-refractivity contribution in [2.75, 3.05) is 0 Å². The molecule has 1 aromatic heterocycles. The number of aromatic nitrogens is 2. The molecular formula is C10H12N2O. The van der Waals surface area contributed by atoms with Crippen molar-refractivity contribution in [2.45, 2.75) is 6.92 Å². The van der Waals surface area contributed by atoms with Gasteiger partial charge in [-0.25, -0.2) is 4.79 Å². The fourth-order valence-corrected chi connectivity index (χ4v) is 1.20. The Balaban J connectivity index is 3.58. The third-order valence-electron chi connectivity index (χ3n) is 1.74. The SMILES string of the molecule is C=Cc1[nH]c(=O)n(C(=C)C)c1C=C. The van der Waals surface area contributed by atoms with Crippen molar-refractivity contribution in [1.82, 2.24) is 9.55 Å². The van der Waals surface area contributed by atoms with E-state index < -0.39 is 0 Å². The molecule has 0 saturated heterocycles. The Labute approximate surface area is 76.7 Å². The van der Waals surface area contributed by atoms with Crippen LogP contribution in [-0.2, 0) is 0 Å². The molecule has 13 heavy (non-hydrogen) atoms. The van der Waals surface area contributed by atoms with Gasteiger partial charge in [-0.15, -0.1) is 0 Å². The lowest BCUT2D eigenvalue weighted by atomic mass is 10.3. The Kier molecular flexibility index (Phi) is 2.37. The van der Waals surface area contributed by atoms with Crippen molar-refractivity contribution in [3.05, 3.63) is 41.6 Å². The predicted octanol–water partition coefficient (Wildman–Crippen LogP) is 1.95. The summed E-state index contributed by atoms with van der Waals surface area (Å²) in [5, 5.41) is 0. The summed E-state index contributed by atoms with van der Waals surface area (Å²) in [6.45, 7) is 12.7. The largest absolute Gasteiger partial charge is 0.330 e. The molecule has 1 N–H and O–H groups in total. The fourth-order valence-electron chi connectivity index (χ4n) is 1.20. The molecule has 3 heteroatoms. The maximum atomic E-state index is 11.4. The highest BCUT2D eigenvalue weighted by Gasteiger charge is 2.08. The smallest absolute Gasteiger partial charge is 0.305 e. The van der Waals surface area contributed by atoms with E-state index in [0.717, 1.165) is 0 Å². The van der Waals surface area contributed by atoms with Crippen molar-refractivity contribution in [1.29, 1.82) is 0 Å². The van der Waals surface area contributed by atoms with Gasteiger partial charge in [0, 0.05) is 5.70 Å². The highest BCUT2D eigenvalue weighted by molar-refractivity contribution is 5.61. The molecular weight excluding hydrogens is 164 g/mol. The van der Waals surface area contributed by atoms with E-state index in [4.69, 9.17) is 0 Å². The number of nitrogens with zero attached hydrogens (tertiary/aromatic N) is 1. The van der Waals surface area contributed by atoms with Crippen molar-refractivity contribution < 1.29 is 0 Å². The Morgan fingerprint density at radius 2 is 2.08 bits per heavy atom. The predicted molar refractivity (Wildman–Crippen MR) is 56.2 cm³/mol. The molecule has 68 valence electrons. The van der Waals surface area contributed by atoms with E-state index in [2.05, 4.69) is 24.7 Å². The maximum Gasteiger partial charge on any atom is 0.330 e. The summed E-state index contributed by atoms with van der Waals surface area (Å²) < 4.78 is 1.46. The number of hydrogen-bond acceptors (Lipinski definition) is 1. The Morgan fingerprint density at radius 1 is 1.46 bits per heavy atom. The van der Waals surface area contributed by atoms with Crippen LogP contribution < -0.4 is 5.69 Å². The first-order valence-electron chi connectivity index (χ1n) is 3.87. The van der Waals surface area contributed by atoms with Crippen LogP contribution in [0, 0.1) is 0 Å². The van der Waals surface area contributed by atoms with Crippen LogP contribution in [0.25, 0.3) is 17.8 Å². The number of rotatable bonds is 3. The second-order valence-corrected chi connectivity index (χ2v) is 2.71. The van der Waals surface area contributed by atoms with E-state index in [1.54, 1.807) is 19.1 Å². The van der Waals surface area contributed by atoms with E-state index >= 15 is 0 Å². The number of aromatic amines is 1. The average Bonchev–Trinajstić information content (AvgIpc) is 2.41. The molecule has 0 aliphatic heterocycles. The summed E-state index contributed by atoms with van der Waals surface area (Å²) in [6, 6.07) is 0. The lowest BCUT2D eigenvalue weighted by molar-refractivity contribution is 0.997. The van der Waals surface area contributed by atoms with Crippen LogP contribution in [0.4, 0.5) is 0 Å². The minimum atomic E-state index is -0.211. The molecule has 0 aliphatic carbocycles. The number of nitrogens with one attached hydrogen (secondary N) is 1. The van der Waals surface area contributed by atoms with Gasteiger partial charge in [0.1, 0.15) is 0 Å². The second-order valence-electron chi connectivity index (χ2n) is 2.71. The van der Waals surface area contributed by atoms with Gasteiger partial charge in [0.25, 0.3) is 0 Å². The van der Waals surface area contributed by atoms with Gasteiger partial charge in [0.05, 0.1) is 11.4 Å². The molecule has 1 heterocycles. The van der Waals surface area contributed by atoms with Gasteiger partial charge in [-0.2, -0.15) is 0 Å². The summed E-state index contributed by atoms with van der Waals surface area (Å²) in [4.78, 5) is 14.0. The van der Waals surface area contributed by atoms with E-state index in [9.17, 15) is 4.79 Å². The minimum Gasteiger partial charge on any atom is -0.305 e. The molecule has 0 fully saturated rings. The third kappa shape index (κ3) is 1.40. The van der Waals surface area contributed by atoms with Crippen molar-refractivity contribution in [3.8, 4) is 0 Å². The molecule has 0 aliphatic rings. The highest BCUT2D eigenvalue weighted by Crippen LogP contribution is 2.10. The number of hydrogen-bond donors (Lipinski definition) is 1. The monoisotopic (exact) mass is 176 g/mol. The first kappa shape index (κ1) is 9.32. The summed E-state index contributed by atoms with van der Waals surface area (Å²) in [5.74, 6) is 0. The molecule has 0 aromatic carbocycles. The zero-order valence-electron chi connectivity index (χ0n) is 7.63. The highest BCUT2D eigenvalue weighted by atomic mass is 16.1. The maximum absolute atomic E-state index is 11.4. The van der Waals surface area contributed by atoms with E-state index in [1.807, 2.05) is 0 Å². The van der Waals surface area contributed by atoms with Crippen LogP contribution >= 0.6 is 0 Å². The third-order valence-corrected chi connectivity index (χ3v) is 1.74. The lowest BCUT2D eigenvalue weighted by Gasteiger charge is -2.01. The molecule has 1 rings (SSSR count). The van der Waals surface area contributed by atoms with Gasteiger partial charge in [0.2, 0.25) is 0 Å². The summed E-state index contributed by atoms with van der Waals surface area (Å²) in [5.41, 5.74) is 1.82. The van der Waals surface area contributed by atoms with Gasteiger partial charge >= 0.3 is 5.69 Å². The van der Waals surface area contributed by atoms with Gasteiger partial charge < -0.3 is 4.98 Å². The van der Waals surface area contributed by atoms with Crippen molar-refractivity contribution >= 4 is 17.8 Å². The van der Waals surface area contributed by atoms with Gasteiger partial charge in [-0.3, -0.25) is 4.57 Å². The van der Waals surface area contributed by atoms with Crippen LogP contribution in [0.5, 0.6) is 0 Å². The van der Waals surface area contributed by atoms with E-state index in [-0.39, 0.29) is 5.69 Å². The molecule has 0 amide bonds. The first-order chi connectivity index (χ1) is 6.11.